The smallest absolute Gasteiger partial charge is 0.203 e. The maximum atomic E-state index is 4.96. The maximum absolute atomic E-state index is 4.96. The molecule has 0 aliphatic carbocycles. The molecule has 0 aliphatic rings. The van der Waals surface area contributed by atoms with Gasteiger partial charge in [-0.3, -0.25) is 5.10 Å². The van der Waals surface area contributed by atoms with Gasteiger partial charge in [0.25, 0.3) is 0 Å². The van der Waals surface area contributed by atoms with Crippen LogP contribution in [0, 0.1) is 6.92 Å². The first-order valence-electron chi connectivity index (χ1n) is 10.9. The van der Waals surface area contributed by atoms with Crippen molar-refractivity contribution in [3.05, 3.63) is 103 Å². The number of rotatable bonds is 5. The lowest BCUT2D eigenvalue weighted by Gasteiger charge is -1.99. The Morgan fingerprint density at radius 3 is 2.12 bits per heavy atom. The lowest BCUT2D eigenvalue weighted by Crippen LogP contribution is -1.85. The molecule has 164 valence electrons. The van der Waals surface area contributed by atoms with Crippen LogP contribution >= 0.6 is 11.3 Å². The Morgan fingerprint density at radius 1 is 0.765 bits per heavy atom. The van der Waals surface area contributed by atoms with Gasteiger partial charge in [-0.2, -0.15) is 0 Å². The highest BCUT2D eigenvalue weighted by Crippen LogP contribution is 2.40. The maximum Gasteiger partial charge on any atom is 0.203 e. The lowest BCUT2D eigenvalue weighted by molar-refractivity contribution is 0.957. The van der Waals surface area contributed by atoms with Crippen molar-refractivity contribution in [2.75, 3.05) is 0 Å². The summed E-state index contributed by atoms with van der Waals surface area (Å²) in [5.74, 6) is 0.646. The highest BCUT2D eigenvalue weighted by atomic mass is 32.1. The molecule has 0 saturated heterocycles. The third-order valence-corrected chi connectivity index (χ3v) is 6.73. The molecule has 0 saturated carbocycles. The first-order valence-corrected chi connectivity index (χ1v) is 11.7. The highest BCUT2D eigenvalue weighted by molar-refractivity contribution is 7.18. The molecule has 3 aromatic heterocycles. The minimum atomic E-state index is 0.646. The van der Waals surface area contributed by atoms with Crippen LogP contribution in [-0.4, -0.2) is 19.6 Å². The monoisotopic (exact) mass is 460 g/mol. The minimum absolute atomic E-state index is 0.646. The minimum Gasteiger partial charge on any atom is -0.290 e. The van der Waals surface area contributed by atoms with Crippen molar-refractivity contribution < 1.29 is 0 Å². The molecule has 0 radical (unpaired) electrons. The third-order valence-electron chi connectivity index (χ3n) is 5.52. The molecule has 6 nitrogen and oxygen atoms in total. The number of aromatic amines is 1. The highest BCUT2D eigenvalue weighted by Gasteiger charge is 2.22. The second kappa shape index (κ2) is 8.53. The van der Waals surface area contributed by atoms with Crippen molar-refractivity contribution in [1.29, 1.82) is 0 Å². The number of thiazole rings is 1. The fourth-order valence-corrected chi connectivity index (χ4v) is 4.90. The quantitative estimate of drug-likeness (QED) is 0.266. The first kappa shape index (κ1) is 20.3. The Morgan fingerprint density at radius 2 is 1.41 bits per heavy atom. The van der Waals surface area contributed by atoms with Gasteiger partial charge in [0.15, 0.2) is 5.65 Å². The van der Waals surface area contributed by atoms with Crippen LogP contribution in [0.15, 0.2) is 107 Å². The number of fused-ring (bicyclic) bond motifs is 1. The Labute approximate surface area is 200 Å². The van der Waals surface area contributed by atoms with Crippen LogP contribution < -0.4 is 0 Å². The Hall–Kier alpha value is -4.36. The van der Waals surface area contributed by atoms with Crippen molar-refractivity contribution >= 4 is 28.5 Å². The molecule has 0 atom stereocenters. The summed E-state index contributed by atoms with van der Waals surface area (Å²) in [7, 11) is 0. The fraction of sp³-hybridized carbons (Fsp3) is 0.0370. The van der Waals surface area contributed by atoms with Crippen molar-refractivity contribution in [2.45, 2.75) is 6.92 Å². The Balaban J connectivity index is 1.51. The van der Waals surface area contributed by atoms with Crippen LogP contribution in [0.3, 0.4) is 0 Å². The van der Waals surface area contributed by atoms with E-state index >= 15 is 0 Å². The van der Waals surface area contributed by atoms with Gasteiger partial charge in [-0.15, -0.1) is 21.6 Å². The molecule has 0 unspecified atom stereocenters. The van der Waals surface area contributed by atoms with Crippen molar-refractivity contribution in [3.63, 3.8) is 0 Å². The van der Waals surface area contributed by atoms with Gasteiger partial charge < -0.3 is 0 Å². The molecule has 34 heavy (non-hydrogen) atoms. The number of aromatic nitrogens is 4. The van der Waals surface area contributed by atoms with Crippen LogP contribution in [-0.2, 0) is 0 Å². The van der Waals surface area contributed by atoms with Gasteiger partial charge in [-0.1, -0.05) is 78.9 Å². The van der Waals surface area contributed by atoms with E-state index in [2.05, 4.69) is 39.6 Å². The van der Waals surface area contributed by atoms with Gasteiger partial charge in [0.1, 0.15) is 10.7 Å². The average Bonchev–Trinajstić information content (AvgIpc) is 3.57. The molecule has 0 aliphatic heterocycles. The van der Waals surface area contributed by atoms with Gasteiger partial charge in [0, 0.05) is 11.6 Å². The van der Waals surface area contributed by atoms with E-state index in [1.54, 1.807) is 11.3 Å². The molecule has 0 amide bonds. The zero-order valence-corrected chi connectivity index (χ0v) is 19.2. The topological polar surface area (TPSA) is 70.7 Å². The number of imidazole rings is 1. The Kier molecular flexibility index (Phi) is 5.08. The summed E-state index contributed by atoms with van der Waals surface area (Å²) in [6.07, 6.45) is 0. The number of benzene rings is 3. The molecule has 0 spiro atoms. The molecule has 6 rings (SSSR count). The first-order chi connectivity index (χ1) is 16.8. The normalized spacial score (nSPS) is 11.6. The predicted octanol–water partition coefficient (Wildman–Crippen LogP) is 7.84. The number of H-pyrrole nitrogens is 1. The SMILES string of the molecule is Cc1nc(-c2ccccc2)sc1-c1nc2cc(-c3ccccc3)[nH]n2c1N=Nc1ccccc1. The molecule has 7 heteroatoms. The van der Waals surface area contributed by atoms with E-state index in [0.29, 0.717) is 5.82 Å². The summed E-state index contributed by atoms with van der Waals surface area (Å²) in [6, 6.07) is 32.1. The van der Waals surface area contributed by atoms with Crippen molar-refractivity contribution in [3.8, 4) is 32.4 Å². The predicted molar refractivity (Wildman–Crippen MR) is 137 cm³/mol. The summed E-state index contributed by atoms with van der Waals surface area (Å²) >= 11 is 1.62. The van der Waals surface area contributed by atoms with E-state index in [4.69, 9.17) is 9.97 Å². The van der Waals surface area contributed by atoms with Crippen LogP contribution in [0.25, 0.3) is 38.0 Å². The van der Waals surface area contributed by atoms with E-state index in [0.717, 1.165) is 49.4 Å². The summed E-state index contributed by atoms with van der Waals surface area (Å²) in [4.78, 5) is 10.8. The second-order valence-electron chi connectivity index (χ2n) is 7.85. The van der Waals surface area contributed by atoms with Crippen LogP contribution in [0.2, 0.25) is 0 Å². The molecular formula is C27H20N6S. The summed E-state index contributed by atoms with van der Waals surface area (Å²) in [6.45, 7) is 2.01. The summed E-state index contributed by atoms with van der Waals surface area (Å²) < 4.78 is 1.89. The number of hydrogen-bond donors (Lipinski definition) is 1. The molecular weight excluding hydrogens is 440 g/mol. The van der Waals surface area contributed by atoms with E-state index in [1.807, 2.05) is 84.2 Å². The van der Waals surface area contributed by atoms with Crippen molar-refractivity contribution in [1.82, 2.24) is 19.6 Å². The van der Waals surface area contributed by atoms with Crippen LogP contribution in [0.1, 0.15) is 5.69 Å². The number of hydrogen-bond acceptors (Lipinski definition) is 5. The standard InChI is InChI=1S/C27H20N6S/c1-18-25(34-27(28-18)20-13-7-3-8-14-20)24-26(31-30-21-15-9-4-10-16-21)33-23(29-24)17-22(32-33)19-11-5-2-6-12-19/h2-17,32H,1H3. The van der Waals surface area contributed by atoms with Gasteiger partial charge in [-0.05, 0) is 24.6 Å². The average molecular weight is 461 g/mol. The zero-order chi connectivity index (χ0) is 22.9. The molecule has 3 heterocycles. The van der Waals surface area contributed by atoms with Gasteiger partial charge in [-0.25, -0.2) is 14.5 Å². The molecule has 3 aromatic carbocycles. The largest absolute Gasteiger partial charge is 0.290 e. The molecule has 1 N–H and O–H groups in total. The number of nitrogens with zero attached hydrogens (tertiary/aromatic N) is 5. The summed E-state index contributed by atoms with van der Waals surface area (Å²) in [5.41, 5.74) is 6.39. The molecule has 6 aromatic rings. The summed E-state index contributed by atoms with van der Waals surface area (Å²) in [5, 5.41) is 13.5. The number of aryl methyl sites for hydroxylation is 1. The Bertz CT molecular complexity index is 1600. The number of azo groups is 1. The zero-order valence-electron chi connectivity index (χ0n) is 18.4. The lowest BCUT2D eigenvalue weighted by atomic mass is 10.2. The van der Waals surface area contributed by atoms with E-state index in [-0.39, 0.29) is 0 Å². The van der Waals surface area contributed by atoms with Crippen LogP contribution in [0.4, 0.5) is 11.5 Å². The van der Waals surface area contributed by atoms with Gasteiger partial charge >= 0.3 is 0 Å². The second-order valence-corrected chi connectivity index (χ2v) is 8.85. The fourth-order valence-electron chi connectivity index (χ4n) is 3.85. The van der Waals surface area contributed by atoms with E-state index in [1.165, 1.54) is 0 Å². The third kappa shape index (κ3) is 3.72. The van der Waals surface area contributed by atoms with Crippen LogP contribution in [0.5, 0.6) is 0 Å². The van der Waals surface area contributed by atoms with Gasteiger partial charge in [0.05, 0.1) is 22.0 Å². The van der Waals surface area contributed by atoms with Gasteiger partial charge in [0.2, 0.25) is 5.82 Å². The van der Waals surface area contributed by atoms with E-state index in [9.17, 15) is 0 Å². The molecule has 0 fully saturated rings. The van der Waals surface area contributed by atoms with E-state index < -0.39 is 0 Å². The number of nitrogens with one attached hydrogen (secondary N) is 1. The molecule has 0 bridgehead atoms. The van der Waals surface area contributed by atoms with Crippen molar-refractivity contribution in [2.24, 2.45) is 10.2 Å².